The zero-order valence-corrected chi connectivity index (χ0v) is 15.9. The summed E-state index contributed by atoms with van der Waals surface area (Å²) in [6, 6.07) is 2.17. The lowest BCUT2D eigenvalue weighted by Crippen LogP contribution is -2.17. The molecule has 0 aromatic carbocycles. The summed E-state index contributed by atoms with van der Waals surface area (Å²) in [6.07, 6.45) is 0. The highest BCUT2D eigenvalue weighted by Crippen LogP contribution is 2.36. The van der Waals surface area contributed by atoms with E-state index in [9.17, 15) is 0 Å². The van der Waals surface area contributed by atoms with E-state index >= 15 is 0 Å². The molecule has 0 aliphatic rings. The van der Waals surface area contributed by atoms with E-state index in [4.69, 9.17) is 9.97 Å². The van der Waals surface area contributed by atoms with Crippen LogP contribution < -0.4 is 5.32 Å². The molecule has 2 aromatic rings. The van der Waals surface area contributed by atoms with Gasteiger partial charge in [0.05, 0.1) is 10.2 Å². The van der Waals surface area contributed by atoms with E-state index in [1.165, 1.54) is 9.75 Å². The Morgan fingerprint density at radius 1 is 1.24 bits per heavy atom. The summed E-state index contributed by atoms with van der Waals surface area (Å²) < 4.78 is 0.963. The molecule has 0 amide bonds. The molecule has 0 saturated heterocycles. The van der Waals surface area contributed by atoms with Crippen molar-refractivity contribution in [1.29, 1.82) is 0 Å². The molecule has 2 heterocycles. The minimum absolute atomic E-state index is 0.0420. The number of anilines is 1. The molecular formula is C16H22BrN3S. The van der Waals surface area contributed by atoms with Gasteiger partial charge < -0.3 is 5.32 Å². The molecule has 21 heavy (non-hydrogen) atoms. The number of aromatic nitrogens is 2. The largest absolute Gasteiger partial charge is 0.369 e. The first-order valence-corrected chi connectivity index (χ1v) is 8.74. The highest BCUT2D eigenvalue weighted by atomic mass is 79.9. The molecule has 0 unspecified atom stereocenters. The van der Waals surface area contributed by atoms with E-state index in [2.05, 4.69) is 68.9 Å². The summed E-state index contributed by atoms with van der Waals surface area (Å²) in [5.74, 6) is 1.68. The normalized spacial score (nSPS) is 11.8. The Bertz CT molecular complexity index is 656. The molecule has 0 fully saturated rings. The molecule has 0 radical (unpaired) electrons. The quantitative estimate of drug-likeness (QED) is 0.797. The first-order chi connectivity index (χ1) is 9.74. The van der Waals surface area contributed by atoms with Crippen LogP contribution in [-0.4, -0.2) is 16.5 Å². The van der Waals surface area contributed by atoms with Gasteiger partial charge in [-0.05, 0) is 42.8 Å². The predicted molar refractivity (Wildman–Crippen MR) is 95.4 cm³/mol. The Morgan fingerprint density at radius 2 is 1.90 bits per heavy atom. The highest BCUT2D eigenvalue weighted by molar-refractivity contribution is 9.10. The van der Waals surface area contributed by atoms with Crippen molar-refractivity contribution >= 4 is 33.1 Å². The summed E-state index contributed by atoms with van der Waals surface area (Å²) >= 11 is 5.45. The zero-order chi connectivity index (χ0) is 15.8. The van der Waals surface area contributed by atoms with Gasteiger partial charge in [0, 0.05) is 27.3 Å². The lowest BCUT2D eigenvalue weighted by atomic mass is 9.91. The third-order valence-electron chi connectivity index (χ3n) is 3.19. The molecule has 3 nitrogen and oxygen atoms in total. The monoisotopic (exact) mass is 367 g/mol. The summed E-state index contributed by atoms with van der Waals surface area (Å²) in [5, 5.41) is 3.33. The minimum atomic E-state index is -0.0420. The lowest BCUT2D eigenvalue weighted by molar-refractivity contribution is 0.564. The van der Waals surface area contributed by atoms with Crippen LogP contribution >= 0.6 is 27.3 Å². The molecule has 2 aromatic heterocycles. The molecule has 114 valence electrons. The van der Waals surface area contributed by atoms with Crippen LogP contribution in [0.3, 0.4) is 0 Å². The molecule has 0 aliphatic heterocycles. The Morgan fingerprint density at radius 3 is 2.38 bits per heavy atom. The number of thiophene rings is 1. The first-order valence-electron chi connectivity index (χ1n) is 7.13. The number of hydrogen-bond donors (Lipinski definition) is 1. The van der Waals surface area contributed by atoms with E-state index in [1.807, 2.05) is 0 Å². The number of nitrogens with one attached hydrogen (secondary N) is 1. The Balaban J connectivity index is 2.67. The van der Waals surface area contributed by atoms with Crippen molar-refractivity contribution in [3.8, 4) is 11.4 Å². The maximum Gasteiger partial charge on any atom is 0.162 e. The molecule has 2 rings (SSSR count). The van der Waals surface area contributed by atoms with Crippen molar-refractivity contribution in [3.63, 3.8) is 0 Å². The van der Waals surface area contributed by atoms with Crippen LogP contribution in [-0.2, 0) is 5.41 Å². The van der Waals surface area contributed by atoms with Crippen LogP contribution in [0.5, 0.6) is 0 Å². The summed E-state index contributed by atoms with van der Waals surface area (Å²) in [7, 11) is 0. The van der Waals surface area contributed by atoms with Gasteiger partial charge >= 0.3 is 0 Å². The number of nitrogens with zero attached hydrogens (tertiary/aromatic N) is 2. The number of aryl methyl sites for hydroxylation is 2. The van der Waals surface area contributed by atoms with Crippen molar-refractivity contribution in [2.24, 2.45) is 0 Å². The molecule has 1 N–H and O–H groups in total. The van der Waals surface area contributed by atoms with Crippen LogP contribution in [0.15, 0.2) is 10.5 Å². The van der Waals surface area contributed by atoms with Gasteiger partial charge in [-0.1, -0.05) is 20.8 Å². The molecule has 0 saturated carbocycles. The van der Waals surface area contributed by atoms with Gasteiger partial charge in [0.25, 0.3) is 0 Å². The van der Waals surface area contributed by atoms with Crippen LogP contribution in [0.25, 0.3) is 11.4 Å². The van der Waals surface area contributed by atoms with Crippen molar-refractivity contribution in [2.75, 3.05) is 11.9 Å². The smallest absolute Gasteiger partial charge is 0.162 e. The first kappa shape index (κ1) is 16.4. The van der Waals surface area contributed by atoms with Gasteiger partial charge in [-0.15, -0.1) is 11.3 Å². The fourth-order valence-corrected chi connectivity index (χ4v) is 4.03. The van der Waals surface area contributed by atoms with E-state index in [1.54, 1.807) is 11.3 Å². The molecule has 0 bridgehead atoms. The van der Waals surface area contributed by atoms with E-state index in [-0.39, 0.29) is 5.41 Å². The number of rotatable bonds is 3. The zero-order valence-electron chi connectivity index (χ0n) is 13.5. The van der Waals surface area contributed by atoms with Crippen molar-refractivity contribution in [3.05, 3.63) is 26.0 Å². The van der Waals surface area contributed by atoms with Gasteiger partial charge in [-0.3, -0.25) is 0 Å². The van der Waals surface area contributed by atoms with Crippen molar-refractivity contribution < 1.29 is 0 Å². The predicted octanol–water partition coefficient (Wildman–Crippen LogP) is 5.31. The van der Waals surface area contributed by atoms with Gasteiger partial charge in [-0.2, -0.15) is 0 Å². The minimum Gasteiger partial charge on any atom is -0.369 e. The average Bonchev–Trinajstić information content (AvgIpc) is 2.70. The summed E-state index contributed by atoms with van der Waals surface area (Å²) in [4.78, 5) is 12.1. The molecule has 5 heteroatoms. The van der Waals surface area contributed by atoms with Crippen LogP contribution in [0.4, 0.5) is 5.82 Å². The molecule has 0 atom stereocenters. The van der Waals surface area contributed by atoms with Gasteiger partial charge in [0.2, 0.25) is 0 Å². The number of hydrogen-bond acceptors (Lipinski definition) is 4. The second-order valence-electron chi connectivity index (χ2n) is 6.17. The van der Waals surface area contributed by atoms with Crippen LogP contribution in [0, 0.1) is 13.8 Å². The maximum absolute atomic E-state index is 4.84. The fourth-order valence-electron chi connectivity index (χ4n) is 2.20. The topological polar surface area (TPSA) is 37.8 Å². The maximum atomic E-state index is 4.84. The highest BCUT2D eigenvalue weighted by Gasteiger charge is 2.24. The summed E-state index contributed by atoms with van der Waals surface area (Å²) in [5.41, 5.74) is 2.13. The third kappa shape index (κ3) is 3.46. The van der Waals surface area contributed by atoms with Gasteiger partial charge in [0.15, 0.2) is 5.82 Å². The SMILES string of the molecule is CCNc1nc(-c2cc(C)sc2C)nc(C(C)(C)C)c1Br. The molecule has 0 spiro atoms. The van der Waals surface area contributed by atoms with E-state index in [0.717, 1.165) is 33.9 Å². The van der Waals surface area contributed by atoms with Crippen LogP contribution in [0.2, 0.25) is 0 Å². The Kier molecular flexibility index (Phi) is 4.73. The second kappa shape index (κ2) is 6.05. The van der Waals surface area contributed by atoms with E-state index in [0.29, 0.717) is 0 Å². The lowest BCUT2D eigenvalue weighted by Gasteiger charge is -2.22. The Hall–Kier alpha value is -0.940. The van der Waals surface area contributed by atoms with Crippen molar-refractivity contribution in [1.82, 2.24) is 9.97 Å². The summed E-state index contributed by atoms with van der Waals surface area (Å²) in [6.45, 7) is 13.7. The van der Waals surface area contributed by atoms with Gasteiger partial charge in [0.1, 0.15) is 5.82 Å². The standard InChI is InChI=1S/C16H22BrN3S/c1-7-18-15-12(17)13(16(4,5)6)19-14(20-15)11-8-9(2)21-10(11)3/h8H,7H2,1-6H3,(H,18,19,20). The molecular weight excluding hydrogens is 346 g/mol. The van der Waals surface area contributed by atoms with E-state index < -0.39 is 0 Å². The second-order valence-corrected chi connectivity index (χ2v) is 8.42. The average molecular weight is 368 g/mol. The Labute approximate surface area is 139 Å². The third-order valence-corrected chi connectivity index (χ3v) is 4.90. The number of halogens is 1. The van der Waals surface area contributed by atoms with Crippen molar-refractivity contribution in [2.45, 2.75) is 47.0 Å². The fraction of sp³-hybridized carbons (Fsp3) is 0.500. The van der Waals surface area contributed by atoms with Gasteiger partial charge in [-0.25, -0.2) is 9.97 Å². The van der Waals surface area contributed by atoms with Crippen LogP contribution in [0.1, 0.15) is 43.1 Å². The molecule has 0 aliphatic carbocycles.